The van der Waals surface area contributed by atoms with E-state index in [4.69, 9.17) is 9.47 Å². The predicted molar refractivity (Wildman–Crippen MR) is 75.4 cm³/mol. The quantitative estimate of drug-likeness (QED) is 0.820. The van der Waals surface area contributed by atoms with Crippen LogP contribution in [0.15, 0.2) is 0 Å². The van der Waals surface area contributed by atoms with Crippen LogP contribution in [0.3, 0.4) is 0 Å². The summed E-state index contributed by atoms with van der Waals surface area (Å²) in [7, 11) is 0. The van der Waals surface area contributed by atoms with Gasteiger partial charge in [0.1, 0.15) is 5.60 Å². The minimum absolute atomic E-state index is 0.0210. The largest absolute Gasteiger partial charge is 0.444 e. The van der Waals surface area contributed by atoms with Crippen LogP contribution in [0, 0.1) is 5.92 Å². The molecular weight excluding hydrogens is 260 g/mol. The molecule has 2 N–H and O–H groups in total. The van der Waals surface area contributed by atoms with Gasteiger partial charge in [0.25, 0.3) is 0 Å². The van der Waals surface area contributed by atoms with Gasteiger partial charge in [-0.3, -0.25) is 4.79 Å². The lowest BCUT2D eigenvalue weighted by Crippen LogP contribution is -2.45. The number of hydrogen-bond donors (Lipinski definition) is 2. The lowest BCUT2D eigenvalue weighted by Gasteiger charge is -2.24. The summed E-state index contributed by atoms with van der Waals surface area (Å²) >= 11 is 0. The summed E-state index contributed by atoms with van der Waals surface area (Å²) in [6.07, 6.45) is 1.06. The van der Waals surface area contributed by atoms with Crippen molar-refractivity contribution in [2.75, 3.05) is 19.8 Å². The fourth-order valence-electron chi connectivity index (χ4n) is 1.92. The molecule has 0 saturated carbocycles. The second kappa shape index (κ2) is 7.47. The molecule has 1 aliphatic rings. The highest BCUT2D eigenvalue weighted by Gasteiger charge is 2.23. The maximum Gasteiger partial charge on any atom is 0.407 e. The second-order valence-corrected chi connectivity index (χ2v) is 6.18. The van der Waals surface area contributed by atoms with Crippen molar-refractivity contribution in [1.82, 2.24) is 10.6 Å². The van der Waals surface area contributed by atoms with Crippen LogP contribution in [0.4, 0.5) is 4.79 Å². The standard InChI is InChI=1S/C14H26N2O4/c1-10(9-15-13(18)20-14(2,3)4)16-12(17)11-5-7-19-8-6-11/h10-11H,5-9H2,1-4H3,(H,15,18)(H,16,17). The van der Waals surface area contributed by atoms with Crippen molar-refractivity contribution in [3.05, 3.63) is 0 Å². The van der Waals surface area contributed by atoms with Crippen molar-refractivity contribution in [2.24, 2.45) is 5.92 Å². The highest BCUT2D eigenvalue weighted by atomic mass is 16.6. The van der Waals surface area contributed by atoms with Gasteiger partial charge in [-0.1, -0.05) is 0 Å². The van der Waals surface area contributed by atoms with E-state index in [0.717, 1.165) is 12.8 Å². The summed E-state index contributed by atoms with van der Waals surface area (Å²) in [6.45, 7) is 8.92. The van der Waals surface area contributed by atoms with E-state index in [1.165, 1.54) is 0 Å². The van der Waals surface area contributed by atoms with Gasteiger partial charge >= 0.3 is 6.09 Å². The minimum Gasteiger partial charge on any atom is -0.444 e. The monoisotopic (exact) mass is 286 g/mol. The lowest BCUT2D eigenvalue weighted by molar-refractivity contribution is -0.128. The van der Waals surface area contributed by atoms with E-state index in [1.54, 1.807) is 0 Å². The molecule has 116 valence electrons. The summed E-state index contributed by atoms with van der Waals surface area (Å²) in [5, 5.41) is 5.55. The van der Waals surface area contributed by atoms with E-state index in [-0.39, 0.29) is 17.9 Å². The van der Waals surface area contributed by atoms with Crippen molar-refractivity contribution in [2.45, 2.75) is 52.2 Å². The van der Waals surface area contributed by atoms with E-state index in [2.05, 4.69) is 10.6 Å². The van der Waals surface area contributed by atoms with E-state index in [0.29, 0.717) is 19.8 Å². The summed E-state index contributed by atoms with van der Waals surface area (Å²) in [5.41, 5.74) is -0.515. The molecule has 1 heterocycles. The third-order valence-corrected chi connectivity index (χ3v) is 2.93. The molecule has 6 nitrogen and oxygen atoms in total. The number of nitrogens with one attached hydrogen (secondary N) is 2. The Morgan fingerprint density at radius 2 is 1.90 bits per heavy atom. The molecule has 0 aromatic heterocycles. The predicted octanol–water partition coefficient (Wildman–Crippen LogP) is 1.44. The molecule has 1 rings (SSSR count). The van der Waals surface area contributed by atoms with Crippen LogP contribution in [-0.2, 0) is 14.3 Å². The number of alkyl carbamates (subject to hydrolysis) is 1. The molecule has 20 heavy (non-hydrogen) atoms. The average molecular weight is 286 g/mol. The fourth-order valence-corrected chi connectivity index (χ4v) is 1.92. The summed E-state index contributed by atoms with van der Waals surface area (Å²) in [6, 6.07) is -0.127. The molecule has 1 aliphatic heterocycles. The molecule has 0 radical (unpaired) electrons. The van der Waals surface area contributed by atoms with E-state index < -0.39 is 11.7 Å². The van der Waals surface area contributed by atoms with Gasteiger partial charge in [-0.05, 0) is 40.5 Å². The van der Waals surface area contributed by atoms with Gasteiger partial charge in [0.05, 0.1) is 0 Å². The SMILES string of the molecule is CC(CNC(=O)OC(C)(C)C)NC(=O)C1CCOCC1. The van der Waals surface area contributed by atoms with Crippen molar-refractivity contribution in [3.63, 3.8) is 0 Å². The van der Waals surface area contributed by atoms with E-state index in [1.807, 2.05) is 27.7 Å². The molecule has 0 aliphatic carbocycles. The fraction of sp³-hybridized carbons (Fsp3) is 0.857. The number of ether oxygens (including phenoxy) is 2. The van der Waals surface area contributed by atoms with Crippen molar-refractivity contribution >= 4 is 12.0 Å². The van der Waals surface area contributed by atoms with Crippen LogP contribution in [0.1, 0.15) is 40.5 Å². The number of hydrogen-bond acceptors (Lipinski definition) is 4. The zero-order valence-corrected chi connectivity index (χ0v) is 12.8. The van der Waals surface area contributed by atoms with Gasteiger partial charge in [-0.2, -0.15) is 0 Å². The third kappa shape index (κ3) is 6.75. The maximum atomic E-state index is 12.0. The van der Waals surface area contributed by atoms with Gasteiger partial charge < -0.3 is 20.1 Å². The van der Waals surface area contributed by atoms with Crippen molar-refractivity contribution < 1.29 is 19.1 Å². The smallest absolute Gasteiger partial charge is 0.407 e. The second-order valence-electron chi connectivity index (χ2n) is 6.18. The summed E-state index contributed by atoms with van der Waals surface area (Å²) in [4.78, 5) is 23.5. The number of rotatable bonds is 4. The van der Waals surface area contributed by atoms with E-state index in [9.17, 15) is 9.59 Å². The van der Waals surface area contributed by atoms with Crippen LogP contribution in [-0.4, -0.2) is 43.4 Å². The zero-order chi connectivity index (χ0) is 15.2. The summed E-state index contributed by atoms with van der Waals surface area (Å²) in [5.74, 6) is 0.0551. The Labute approximate surface area is 120 Å². The molecule has 1 fully saturated rings. The van der Waals surface area contributed by atoms with Gasteiger partial charge in [0, 0.05) is 31.7 Å². The highest BCUT2D eigenvalue weighted by Crippen LogP contribution is 2.14. The van der Waals surface area contributed by atoms with Gasteiger partial charge in [0.2, 0.25) is 5.91 Å². The van der Waals surface area contributed by atoms with Gasteiger partial charge in [0.15, 0.2) is 0 Å². The van der Waals surface area contributed by atoms with Crippen LogP contribution in [0.25, 0.3) is 0 Å². The molecule has 0 aromatic carbocycles. The molecule has 6 heteroatoms. The first-order valence-corrected chi connectivity index (χ1v) is 7.13. The Morgan fingerprint density at radius 1 is 1.30 bits per heavy atom. The molecule has 2 amide bonds. The van der Waals surface area contributed by atoms with E-state index >= 15 is 0 Å². The lowest BCUT2D eigenvalue weighted by atomic mass is 9.99. The molecule has 1 saturated heterocycles. The first kappa shape index (κ1) is 16.8. The average Bonchev–Trinajstić information content (AvgIpc) is 2.35. The molecule has 1 unspecified atom stereocenters. The zero-order valence-electron chi connectivity index (χ0n) is 12.8. The Hall–Kier alpha value is -1.30. The van der Waals surface area contributed by atoms with Gasteiger partial charge in [-0.15, -0.1) is 0 Å². The van der Waals surface area contributed by atoms with Crippen molar-refractivity contribution in [1.29, 1.82) is 0 Å². The van der Waals surface area contributed by atoms with Crippen molar-refractivity contribution in [3.8, 4) is 0 Å². The first-order chi connectivity index (χ1) is 9.28. The number of carbonyl (C=O) groups is 2. The topological polar surface area (TPSA) is 76.7 Å². The number of carbonyl (C=O) groups excluding carboxylic acids is 2. The van der Waals surface area contributed by atoms with Crippen LogP contribution in [0.2, 0.25) is 0 Å². The molecule has 0 bridgehead atoms. The number of amides is 2. The normalized spacial score (nSPS) is 18.2. The Bertz CT molecular complexity index is 333. The summed E-state index contributed by atoms with van der Waals surface area (Å²) < 4.78 is 10.4. The molecule has 1 atom stereocenters. The Kier molecular flexibility index (Phi) is 6.26. The van der Waals surface area contributed by atoms with Crippen LogP contribution >= 0.6 is 0 Å². The highest BCUT2D eigenvalue weighted by molar-refractivity contribution is 5.79. The molecular formula is C14H26N2O4. The minimum atomic E-state index is -0.515. The first-order valence-electron chi connectivity index (χ1n) is 7.13. The maximum absolute atomic E-state index is 12.0. The van der Waals surface area contributed by atoms with Crippen LogP contribution in [0.5, 0.6) is 0 Å². The Morgan fingerprint density at radius 3 is 2.45 bits per heavy atom. The molecule has 0 aromatic rings. The third-order valence-electron chi connectivity index (χ3n) is 2.93. The van der Waals surface area contributed by atoms with Gasteiger partial charge in [-0.25, -0.2) is 4.79 Å². The Balaban J connectivity index is 2.23. The molecule has 0 spiro atoms. The van der Waals surface area contributed by atoms with Crippen LogP contribution < -0.4 is 10.6 Å².